The molecule has 0 saturated heterocycles. The highest BCUT2D eigenvalue weighted by Gasteiger charge is 2.39. The average molecular weight is 1480 g/mol. The summed E-state index contributed by atoms with van der Waals surface area (Å²) >= 11 is 0. The second-order valence-electron chi connectivity index (χ2n) is 27.6. The predicted octanol–water partition coefficient (Wildman–Crippen LogP) is 10.9. The zero-order valence-electron chi connectivity index (χ0n) is 58.8. The van der Waals surface area contributed by atoms with Crippen molar-refractivity contribution in [3.63, 3.8) is 0 Å². The van der Waals surface area contributed by atoms with Crippen LogP contribution in [0, 0.1) is 0 Å². The van der Waals surface area contributed by atoms with Crippen LogP contribution in [0.5, 0.6) is 0 Å². The Morgan fingerprint density at radius 2 is 0.798 bits per heavy atom. The molecular formula is C75H82N6O20S3. The maximum absolute atomic E-state index is 13.0. The molecule has 7 amide bonds. The number of benzene rings is 7. The molecule has 104 heavy (non-hydrogen) atoms. The summed E-state index contributed by atoms with van der Waals surface area (Å²) in [5, 5.41) is 16.9. The second kappa shape index (κ2) is 31.6. The van der Waals surface area contributed by atoms with Gasteiger partial charge in [0.05, 0.1) is 50.6 Å². The van der Waals surface area contributed by atoms with E-state index in [2.05, 4.69) is 16.0 Å². The number of hydrogen-bond donors (Lipinski definition) is 5. The summed E-state index contributed by atoms with van der Waals surface area (Å²) in [7, 11) is -11.2. The van der Waals surface area contributed by atoms with Crippen molar-refractivity contribution in [2.24, 2.45) is 5.73 Å². The number of hydrogen-bond acceptors (Lipinski definition) is 20. The maximum Gasteiger partial charge on any atom is 0.417 e. The van der Waals surface area contributed by atoms with E-state index in [1.54, 1.807) is 62.3 Å². The quantitative estimate of drug-likeness (QED) is 0.0498. The van der Waals surface area contributed by atoms with Crippen molar-refractivity contribution in [1.29, 1.82) is 0 Å². The lowest BCUT2D eigenvalue weighted by atomic mass is 9.98. The number of alkyl carbamates (subject to hydrolysis) is 3. The first-order valence-corrected chi connectivity index (χ1v) is 38.1. The lowest BCUT2D eigenvalue weighted by molar-refractivity contribution is 0.0231. The fourth-order valence-corrected chi connectivity index (χ4v) is 15.4. The molecule has 26 nitrogen and oxygen atoms in total. The van der Waals surface area contributed by atoms with Crippen LogP contribution in [0.15, 0.2) is 166 Å². The number of nitrogens with zero attached hydrogens (tertiary/aromatic N) is 2. The number of carbonyl (C=O) groups excluding carboxylic acids is 7. The van der Waals surface area contributed by atoms with Gasteiger partial charge in [-0.1, -0.05) is 97.1 Å². The molecule has 2 aliphatic heterocycles. The molecule has 0 radical (unpaired) electrons. The number of fused-ring (bicyclic) bond motifs is 8. The summed E-state index contributed by atoms with van der Waals surface area (Å²) in [6, 6.07) is 43.7. The van der Waals surface area contributed by atoms with Gasteiger partial charge in [0.2, 0.25) is 0 Å². The zero-order chi connectivity index (χ0) is 75.9. The molecule has 7 aromatic rings. The van der Waals surface area contributed by atoms with Crippen molar-refractivity contribution >= 4 is 77.8 Å². The highest BCUT2D eigenvalue weighted by atomic mass is 32.2. The van der Waals surface area contributed by atoms with Crippen molar-refractivity contribution in [1.82, 2.24) is 25.8 Å². The number of amides is 7. The molecule has 0 spiro atoms. The molecule has 6 N–H and O–H groups in total. The summed E-state index contributed by atoms with van der Waals surface area (Å²) in [4.78, 5) is 99.7. The molecule has 2 heterocycles. The molecule has 29 heteroatoms. The summed E-state index contributed by atoms with van der Waals surface area (Å²) in [5.41, 5.74) is 13.2. The summed E-state index contributed by atoms with van der Waals surface area (Å²) in [6.07, 6.45) is -3.75. The van der Waals surface area contributed by atoms with Crippen LogP contribution in [0.1, 0.15) is 144 Å². The normalized spacial score (nSPS) is 13.8. The average Bonchev–Trinajstić information content (AvgIpc) is 1.60. The number of sulfone groups is 3. The number of carboxylic acids is 1. The first-order chi connectivity index (χ1) is 48.8. The van der Waals surface area contributed by atoms with E-state index >= 15 is 0 Å². The lowest BCUT2D eigenvalue weighted by Crippen LogP contribution is -2.36. The molecule has 0 aromatic heterocycles. The van der Waals surface area contributed by atoms with Crippen molar-refractivity contribution < 1.29 is 92.4 Å². The maximum atomic E-state index is 13.0. The summed E-state index contributed by atoms with van der Waals surface area (Å²) in [5.74, 6) is -3.50. The van der Waals surface area contributed by atoms with Crippen LogP contribution in [0.2, 0.25) is 0 Å². The van der Waals surface area contributed by atoms with Gasteiger partial charge in [-0.3, -0.25) is 9.59 Å². The largest absolute Gasteiger partial charge is 0.478 e. The van der Waals surface area contributed by atoms with Crippen molar-refractivity contribution in [3.05, 3.63) is 207 Å². The number of nitrogens with one attached hydrogen (secondary N) is 3. The van der Waals surface area contributed by atoms with E-state index in [0.717, 1.165) is 54.3 Å². The van der Waals surface area contributed by atoms with Crippen LogP contribution in [-0.2, 0) is 72.8 Å². The van der Waals surface area contributed by atoms with Crippen LogP contribution >= 0.6 is 0 Å². The van der Waals surface area contributed by atoms with Gasteiger partial charge in [-0.15, -0.1) is 0 Å². The molecule has 7 aromatic carbocycles. The molecule has 0 atom stereocenters. The molecule has 2 aliphatic carbocycles. The standard InChI is InChI=1S/C30H32N2O8S.C30H30N2O7S.C15H20N2O5S/c1-30(2,3)40-29(36)32-17-19-16-20(12-13-21(19)27(33)34)41(37,38)15-14-31-28(35)39-18-26-24-10-6-4-8-22(24)23-9-5-7-11-25(23)26;1-30(2,3)39-29(35)32-17-19-16-20(12-13-21(19)27(32)33)40(36,37)15-14-31-28(34)38-18-26-24-10-6-4-8-22(24)23-9-5-7-11-25(23)26;1-15(2,3)22-14(19)17-9-10-8-11(23(20,21)7-6-16)4-5-12(10)13(17)18/h4-13,16,26H,14-15,17-18H2,1-3H3,(H,31,35)(H,32,36)(H,33,34);4-13,16,26H,14-15,17-18H2,1-3H3,(H,31,34);4-5,8H,6-7,9,16H2,1-3H3. The van der Waals surface area contributed by atoms with E-state index in [9.17, 15) is 68.7 Å². The Morgan fingerprint density at radius 3 is 1.15 bits per heavy atom. The number of ether oxygens (including phenoxy) is 5. The topological polar surface area (TPSA) is 374 Å². The molecule has 0 saturated carbocycles. The van der Waals surface area contributed by atoms with Crippen molar-refractivity contribution in [2.45, 2.75) is 125 Å². The van der Waals surface area contributed by atoms with Crippen LogP contribution in [-0.4, -0.2) is 155 Å². The smallest absolute Gasteiger partial charge is 0.417 e. The zero-order valence-corrected chi connectivity index (χ0v) is 61.2. The van der Waals surface area contributed by atoms with Gasteiger partial charge in [0.25, 0.3) is 11.8 Å². The van der Waals surface area contributed by atoms with E-state index in [4.69, 9.17) is 29.4 Å². The second-order valence-corrected chi connectivity index (χ2v) is 33.9. The van der Waals surface area contributed by atoms with Gasteiger partial charge < -0.3 is 50.5 Å². The molecule has 0 bridgehead atoms. The SMILES string of the molecule is CC(C)(C)OC(=O)N1Cc2cc(S(=O)(=O)CCN)ccc2C1=O.CC(C)(C)OC(=O)N1Cc2cc(S(=O)(=O)CCNC(=O)OCC3c4ccccc4-c4ccccc43)ccc2C1=O.CC(C)(C)OC(=O)NCc1cc(S(=O)(=O)CCNC(=O)OCC2c3ccccc3-c3ccccc32)ccc1C(=O)O. The predicted molar refractivity (Wildman–Crippen MR) is 383 cm³/mol. The Bertz CT molecular complexity index is 4780. The Hall–Kier alpha value is -10.5. The number of nitrogens with two attached hydrogens (primary N) is 1. The van der Waals surface area contributed by atoms with Gasteiger partial charge in [0.15, 0.2) is 29.5 Å². The minimum absolute atomic E-state index is 0.000532. The Morgan fingerprint density at radius 1 is 0.452 bits per heavy atom. The molecule has 11 rings (SSSR count). The van der Waals surface area contributed by atoms with Crippen LogP contribution in [0.4, 0.5) is 24.0 Å². The van der Waals surface area contributed by atoms with E-state index < -0.39 is 100 Å². The van der Waals surface area contributed by atoms with Crippen LogP contribution in [0.3, 0.4) is 0 Å². The molecule has 550 valence electrons. The highest BCUT2D eigenvalue weighted by Crippen LogP contribution is 2.46. The minimum atomic E-state index is -3.91. The van der Waals surface area contributed by atoms with Gasteiger partial charge in [0, 0.05) is 49.1 Å². The first-order valence-electron chi connectivity index (χ1n) is 33.1. The molecule has 0 unspecified atom stereocenters. The van der Waals surface area contributed by atoms with Crippen LogP contribution in [0.25, 0.3) is 22.3 Å². The van der Waals surface area contributed by atoms with Gasteiger partial charge >= 0.3 is 36.4 Å². The number of rotatable bonds is 18. The monoisotopic (exact) mass is 1480 g/mol. The summed E-state index contributed by atoms with van der Waals surface area (Å²) in [6.45, 7) is 14.8. The first kappa shape index (κ1) is 77.7. The number of carbonyl (C=O) groups is 8. The third kappa shape index (κ3) is 19.0. The fraction of sp³-hybridized carbons (Fsp3) is 0.333. The van der Waals surface area contributed by atoms with E-state index in [0.29, 0.717) is 16.7 Å². The Balaban J connectivity index is 0.000000188. The minimum Gasteiger partial charge on any atom is -0.478 e. The van der Waals surface area contributed by atoms with Gasteiger partial charge in [0.1, 0.15) is 30.0 Å². The van der Waals surface area contributed by atoms with Crippen molar-refractivity contribution in [3.8, 4) is 22.3 Å². The van der Waals surface area contributed by atoms with E-state index in [-0.39, 0.29) is 107 Å². The van der Waals surface area contributed by atoms with Crippen LogP contribution < -0.4 is 21.7 Å². The van der Waals surface area contributed by atoms with Gasteiger partial charge in [-0.25, -0.2) is 63.8 Å². The lowest BCUT2D eigenvalue weighted by Gasteiger charge is -2.23. The van der Waals surface area contributed by atoms with E-state index in [1.807, 2.05) is 97.1 Å². The van der Waals surface area contributed by atoms with E-state index in [1.165, 1.54) is 54.6 Å². The number of carboxylic acid groups (broad SMARTS) is 1. The van der Waals surface area contributed by atoms with Gasteiger partial charge in [-0.05, 0) is 178 Å². The number of aromatic carboxylic acids is 1. The third-order valence-electron chi connectivity index (χ3n) is 16.5. The van der Waals surface area contributed by atoms with Crippen molar-refractivity contribution in [2.75, 3.05) is 50.1 Å². The molecule has 4 aliphatic rings. The Labute approximate surface area is 603 Å². The van der Waals surface area contributed by atoms with Gasteiger partial charge in [-0.2, -0.15) is 0 Å². The molecular weight excluding hydrogens is 1400 g/mol. The molecule has 0 fully saturated rings. The Kier molecular flexibility index (Phi) is 23.6. The highest BCUT2D eigenvalue weighted by molar-refractivity contribution is 7.92. The number of imide groups is 2. The summed E-state index contributed by atoms with van der Waals surface area (Å²) < 4.78 is 102. The third-order valence-corrected chi connectivity index (χ3v) is 21.7. The fourth-order valence-electron chi connectivity index (χ4n) is 11.9.